The fourth-order valence-corrected chi connectivity index (χ4v) is 2.21. The number of benzene rings is 1. The first-order chi connectivity index (χ1) is 9.95. The number of carbonyl (C=O) groups excluding carboxylic acids is 3. The lowest BCUT2D eigenvalue weighted by Gasteiger charge is -2.17. The molecule has 1 aromatic carbocycles. The first-order valence-corrected chi connectivity index (χ1v) is 6.25. The summed E-state index contributed by atoms with van der Waals surface area (Å²) < 4.78 is 13.3. The lowest BCUT2D eigenvalue weighted by Crippen LogP contribution is -2.40. The van der Waals surface area contributed by atoms with Crippen molar-refractivity contribution in [2.45, 2.75) is 13.3 Å². The van der Waals surface area contributed by atoms with Gasteiger partial charge in [-0.2, -0.15) is 5.26 Å². The minimum Gasteiger partial charge on any atom is -0.354 e. The Morgan fingerprint density at radius 3 is 2.81 bits per heavy atom. The Kier molecular flexibility index (Phi) is 3.98. The van der Waals surface area contributed by atoms with Crippen LogP contribution in [0, 0.1) is 24.1 Å². The number of carbonyl (C=O) groups is 3. The molecule has 0 spiro atoms. The van der Waals surface area contributed by atoms with Crippen LogP contribution in [0.2, 0.25) is 0 Å². The van der Waals surface area contributed by atoms with E-state index in [4.69, 9.17) is 5.26 Å². The maximum Gasteiger partial charge on any atom is 0.299 e. The maximum atomic E-state index is 13.3. The minimum atomic E-state index is -0.853. The van der Waals surface area contributed by atoms with Crippen LogP contribution in [0.25, 0.3) is 0 Å². The molecule has 1 aromatic rings. The zero-order chi connectivity index (χ0) is 15.6. The van der Waals surface area contributed by atoms with Gasteiger partial charge in [0.1, 0.15) is 12.4 Å². The average molecular weight is 289 g/mol. The number of hydrogen-bond donors (Lipinski definition) is 1. The number of nitrogens with one attached hydrogen (secondary N) is 1. The molecular weight excluding hydrogens is 277 g/mol. The Hall–Kier alpha value is -2.75. The van der Waals surface area contributed by atoms with Gasteiger partial charge in [-0.3, -0.25) is 19.3 Å². The molecule has 0 saturated heterocycles. The van der Waals surface area contributed by atoms with E-state index in [-0.39, 0.29) is 30.8 Å². The van der Waals surface area contributed by atoms with E-state index < -0.39 is 23.4 Å². The molecule has 6 nitrogen and oxygen atoms in total. The van der Waals surface area contributed by atoms with E-state index in [1.807, 2.05) is 6.07 Å². The summed E-state index contributed by atoms with van der Waals surface area (Å²) in [5.74, 6) is -2.76. The van der Waals surface area contributed by atoms with Crippen LogP contribution in [-0.4, -0.2) is 30.7 Å². The van der Waals surface area contributed by atoms with Crippen molar-refractivity contribution < 1.29 is 18.8 Å². The third-order valence-electron chi connectivity index (χ3n) is 3.08. The summed E-state index contributed by atoms with van der Waals surface area (Å²) in [6, 6.07) is 4.07. The van der Waals surface area contributed by atoms with Crippen molar-refractivity contribution in [3.8, 4) is 6.07 Å². The molecule has 7 heteroatoms. The fourth-order valence-electron chi connectivity index (χ4n) is 2.21. The molecule has 21 heavy (non-hydrogen) atoms. The summed E-state index contributed by atoms with van der Waals surface area (Å²) in [6.07, 6.45) is 0.152. The van der Waals surface area contributed by atoms with Gasteiger partial charge in [0, 0.05) is 6.54 Å². The number of rotatable bonds is 4. The summed E-state index contributed by atoms with van der Waals surface area (Å²) in [4.78, 5) is 36.5. The van der Waals surface area contributed by atoms with E-state index in [9.17, 15) is 18.8 Å². The molecule has 1 heterocycles. The SMILES string of the molecule is Cc1cc(F)cc2c1N(CC(=O)NCCC#N)C(=O)C2=O. The number of nitriles is 1. The molecule has 2 amide bonds. The molecular formula is C14H12FN3O3. The van der Waals surface area contributed by atoms with Crippen molar-refractivity contribution in [3.05, 3.63) is 29.1 Å². The van der Waals surface area contributed by atoms with E-state index >= 15 is 0 Å². The highest BCUT2D eigenvalue weighted by molar-refractivity contribution is 6.52. The van der Waals surface area contributed by atoms with E-state index in [2.05, 4.69) is 5.32 Å². The van der Waals surface area contributed by atoms with Crippen molar-refractivity contribution in [2.24, 2.45) is 0 Å². The molecule has 0 radical (unpaired) electrons. The average Bonchev–Trinajstić information content (AvgIpc) is 2.64. The van der Waals surface area contributed by atoms with E-state index in [0.717, 1.165) is 11.0 Å². The zero-order valence-electron chi connectivity index (χ0n) is 11.3. The van der Waals surface area contributed by atoms with Crippen LogP contribution in [0.5, 0.6) is 0 Å². The fraction of sp³-hybridized carbons (Fsp3) is 0.286. The molecule has 108 valence electrons. The predicted molar refractivity (Wildman–Crippen MR) is 71.1 cm³/mol. The zero-order valence-corrected chi connectivity index (χ0v) is 11.3. The molecule has 0 unspecified atom stereocenters. The van der Waals surface area contributed by atoms with Crippen molar-refractivity contribution >= 4 is 23.3 Å². The third-order valence-corrected chi connectivity index (χ3v) is 3.08. The molecule has 0 fully saturated rings. The van der Waals surface area contributed by atoms with Gasteiger partial charge in [-0.15, -0.1) is 0 Å². The van der Waals surface area contributed by atoms with E-state index in [1.54, 1.807) is 6.92 Å². The monoisotopic (exact) mass is 289 g/mol. The van der Waals surface area contributed by atoms with Gasteiger partial charge in [0.25, 0.3) is 11.7 Å². The van der Waals surface area contributed by atoms with Gasteiger partial charge < -0.3 is 5.32 Å². The van der Waals surface area contributed by atoms with Gasteiger partial charge in [-0.25, -0.2) is 4.39 Å². The highest BCUT2D eigenvalue weighted by atomic mass is 19.1. The van der Waals surface area contributed by atoms with Crippen LogP contribution in [0.3, 0.4) is 0 Å². The first kappa shape index (κ1) is 14.7. The summed E-state index contributed by atoms with van der Waals surface area (Å²) in [6.45, 7) is 1.39. The third kappa shape index (κ3) is 2.74. The molecule has 0 aliphatic carbocycles. The van der Waals surface area contributed by atoms with Gasteiger partial charge >= 0.3 is 0 Å². The number of amides is 2. The predicted octanol–water partition coefficient (Wildman–Crippen LogP) is 0.693. The second kappa shape index (κ2) is 5.71. The summed E-state index contributed by atoms with van der Waals surface area (Å²) in [5.41, 5.74) is 0.651. The molecule has 0 bridgehead atoms. The number of halogens is 1. The standard InChI is InChI=1S/C14H12FN3O3/c1-8-5-9(15)6-10-12(8)18(14(21)13(10)20)7-11(19)17-4-2-3-16/h5-6H,2,4,7H2,1H3,(H,17,19). The van der Waals surface area contributed by atoms with Crippen LogP contribution in [0.1, 0.15) is 22.3 Å². The lowest BCUT2D eigenvalue weighted by molar-refractivity contribution is -0.122. The number of aryl methyl sites for hydroxylation is 1. The van der Waals surface area contributed by atoms with Gasteiger partial charge in [0.2, 0.25) is 5.91 Å². The molecule has 1 N–H and O–H groups in total. The lowest BCUT2D eigenvalue weighted by atomic mass is 10.1. The van der Waals surface area contributed by atoms with Crippen LogP contribution < -0.4 is 10.2 Å². The molecule has 1 aliphatic heterocycles. The van der Waals surface area contributed by atoms with Crippen LogP contribution in [-0.2, 0) is 9.59 Å². The highest BCUT2D eigenvalue weighted by Gasteiger charge is 2.38. The number of nitrogens with zero attached hydrogens (tertiary/aromatic N) is 2. The topological polar surface area (TPSA) is 90.3 Å². The van der Waals surface area contributed by atoms with Crippen molar-refractivity contribution in [2.75, 3.05) is 18.0 Å². The van der Waals surface area contributed by atoms with Crippen molar-refractivity contribution in [3.63, 3.8) is 0 Å². The maximum absolute atomic E-state index is 13.3. The number of Topliss-reactive ketones (excluding diaryl/α,β-unsaturated/α-hetero) is 1. The minimum absolute atomic E-state index is 0.0256. The van der Waals surface area contributed by atoms with Crippen molar-refractivity contribution in [1.29, 1.82) is 5.26 Å². The van der Waals surface area contributed by atoms with E-state index in [0.29, 0.717) is 5.56 Å². The van der Waals surface area contributed by atoms with Crippen LogP contribution in [0.4, 0.5) is 10.1 Å². The molecule has 1 aliphatic rings. The van der Waals surface area contributed by atoms with Crippen LogP contribution >= 0.6 is 0 Å². The van der Waals surface area contributed by atoms with Crippen LogP contribution in [0.15, 0.2) is 12.1 Å². The smallest absolute Gasteiger partial charge is 0.299 e. The first-order valence-electron chi connectivity index (χ1n) is 6.25. The number of anilines is 1. The molecule has 0 aromatic heterocycles. The molecule has 2 rings (SSSR count). The van der Waals surface area contributed by atoms with E-state index in [1.165, 1.54) is 6.07 Å². The van der Waals surface area contributed by atoms with Gasteiger partial charge in [-0.05, 0) is 24.6 Å². The Morgan fingerprint density at radius 1 is 1.43 bits per heavy atom. The Bertz CT molecular complexity index is 679. The summed E-state index contributed by atoms with van der Waals surface area (Å²) in [7, 11) is 0. The second-order valence-corrected chi connectivity index (χ2v) is 4.60. The summed E-state index contributed by atoms with van der Waals surface area (Å²) in [5, 5.41) is 10.9. The normalized spacial score (nSPS) is 13.1. The van der Waals surface area contributed by atoms with Gasteiger partial charge in [0.15, 0.2) is 0 Å². The van der Waals surface area contributed by atoms with Gasteiger partial charge in [0.05, 0.1) is 23.7 Å². The second-order valence-electron chi connectivity index (χ2n) is 4.60. The quantitative estimate of drug-likeness (QED) is 0.652. The molecule has 0 saturated carbocycles. The Labute approximate surface area is 120 Å². The Morgan fingerprint density at radius 2 is 2.14 bits per heavy atom. The number of fused-ring (bicyclic) bond motifs is 1. The Balaban J connectivity index is 2.23. The highest BCUT2D eigenvalue weighted by Crippen LogP contribution is 2.32. The largest absolute Gasteiger partial charge is 0.354 e. The van der Waals surface area contributed by atoms with Crippen molar-refractivity contribution in [1.82, 2.24) is 5.32 Å². The summed E-state index contributed by atoms with van der Waals surface area (Å²) >= 11 is 0. The van der Waals surface area contributed by atoms with Gasteiger partial charge in [-0.1, -0.05) is 0 Å². The molecule has 0 atom stereocenters. The number of hydrogen-bond acceptors (Lipinski definition) is 4. The number of ketones is 1.